The number of pyridine rings is 1. The Hall–Kier alpha value is -1.14. The van der Waals surface area contributed by atoms with Gasteiger partial charge in [-0.15, -0.1) is 11.3 Å². The third-order valence-corrected chi connectivity index (χ3v) is 4.02. The summed E-state index contributed by atoms with van der Waals surface area (Å²) >= 11 is 7.70. The van der Waals surface area contributed by atoms with Crippen molar-refractivity contribution in [3.05, 3.63) is 45.4 Å². The first-order valence-electron chi connectivity index (χ1n) is 5.41. The van der Waals surface area contributed by atoms with E-state index in [9.17, 15) is 0 Å². The summed E-state index contributed by atoms with van der Waals surface area (Å²) in [5, 5.41) is 2.61. The molecule has 1 atom stereocenters. The van der Waals surface area contributed by atoms with Gasteiger partial charge in [0.15, 0.2) is 0 Å². The number of rotatable bonds is 5. The third kappa shape index (κ3) is 3.00. The molecule has 1 unspecified atom stereocenters. The van der Waals surface area contributed by atoms with Crippen molar-refractivity contribution in [1.29, 1.82) is 0 Å². The van der Waals surface area contributed by atoms with Crippen LogP contribution in [0.2, 0.25) is 5.02 Å². The van der Waals surface area contributed by atoms with Gasteiger partial charge in [0.05, 0.1) is 18.2 Å². The van der Waals surface area contributed by atoms with Crippen molar-refractivity contribution in [3.8, 4) is 5.75 Å². The van der Waals surface area contributed by atoms with E-state index in [4.69, 9.17) is 22.2 Å². The van der Waals surface area contributed by atoms with Crippen LogP contribution in [0.15, 0.2) is 29.9 Å². The Morgan fingerprint density at radius 3 is 3.06 bits per heavy atom. The lowest BCUT2D eigenvalue weighted by Crippen LogP contribution is -2.29. The van der Waals surface area contributed by atoms with Gasteiger partial charge in [-0.2, -0.15) is 0 Å². The Morgan fingerprint density at radius 2 is 2.44 bits per heavy atom. The second-order valence-electron chi connectivity index (χ2n) is 3.78. The van der Waals surface area contributed by atoms with Gasteiger partial charge in [-0.05, 0) is 24.1 Å². The van der Waals surface area contributed by atoms with Gasteiger partial charge in [-0.25, -0.2) is 0 Å². The molecule has 96 valence electrons. The van der Waals surface area contributed by atoms with Crippen LogP contribution >= 0.6 is 22.9 Å². The molecule has 2 rings (SSSR count). The minimum absolute atomic E-state index is 0.0128. The highest BCUT2D eigenvalue weighted by Gasteiger charge is 2.15. The zero-order valence-electron chi connectivity index (χ0n) is 9.89. The van der Waals surface area contributed by atoms with Gasteiger partial charge >= 0.3 is 0 Å². The second kappa shape index (κ2) is 6.15. The number of methoxy groups -OCH3 is 1. The van der Waals surface area contributed by atoms with Gasteiger partial charge in [-0.3, -0.25) is 16.3 Å². The number of nitrogens with zero attached hydrogens (tertiary/aromatic N) is 1. The first-order chi connectivity index (χ1) is 8.74. The van der Waals surface area contributed by atoms with E-state index in [1.165, 1.54) is 0 Å². The predicted molar refractivity (Wildman–Crippen MR) is 73.9 cm³/mol. The Balaban J connectivity index is 2.17. The maximum atomic E-state index is 6.09. The molecule has 2 aromatic heterocycles. The summed E-state index contributed by atoms with van der Waals surface area (Å²) in [6.45, 7) is 0. The summed E-state index contributed by atoms with van der Waals surface area (Å²) in [5.74, 6) is 6.45. The van der Waals surface area contributed by atoms with Crippen LogP contribution in [0.5, 0.6) is 5.75 Å². The van der Waals surface area contributed by atoms with Crippen LogP contribution in [0.3, 0.4) is 0 Å². The largest absolute Gasteiger partial charge is 0.496 e. The van der Waals surface area contributed by atoms with E-state index in [1.54, 1.807) is 30.8 Å². The monoisotopic (exact) mass is 283 g/mol. The normalized spacial score (nSPS) is 12.4. The zero-order valence-corrected chi connectivity index (χ0v) is 11.5. The SMILES string of the molecule is COc1csc(C(Cc2ccncc2Cl)NN)c1. The number of aromatic nitrogens is 1. The Labute approximate surface area is 115 Å². The van der Waals surface area contributed by atoms with Crippen LogP contribution in [-0.2, 0) is 6.42 Å². The van der Waals surface area contributed by atoms with E-state index in [-0.39, 0.29) is 6.04 Å². The lowest BCUT2D eigenvalue weighted by molar-refractivity contribution is 0.415. The van der Waals surface area contributed by atoms with E-state index in [2.05, 4.69) is 10.4 Å². The molecular weight excluding hydrogens is 270 g/mol. The molecule has 0 saturated heterocycles. The first-order valence-corrected chi connectivity index (χ1v) is 6.67. The number of hydrogen-bond acceptors (Lipinski definition) is 5. The molecule has 0 spiro atoms. The van der Waals surface area contributed by atoms with Crippen LogP contribution in [0.4, 0.5) is 0 Å². The van der Waals surface area contributed by atoms with Crippen molar-refractivity contribution in [2.24, 2.45) is 5.84 Å². The Morgan fingerprint density at radius 1 is 1.61 bits per heavy atom. The van der Waals surface area contributed by atoms with E-state index >= 15 is 0 Å². The first kappa shape index (κ1) is 13.3. The molecular formula is C12H14ClN3OS. The fourth-order valence-electron chi connectivity index (χ4n) is 1.66. The van der Waals surface area contributed by atoms with Crippen molar-refractivity contribution in [2.45, 2.75) is 12.5 Å². The number of ether oxygens (including phenoxy) is 1. The molecule has 0 bridgehead atoms. The van der Waals surface area contributed by atoms with Crippen molar-refractivity contribution >= 4 is 22.9 Å². The van der Waals surface area contributed by atoms with Gasteiger partial charge in [0, 0.05) is 22.7 Å². The minimum atomic E-state index is 0.0128. The molecule has 0 aliphatic rings. The van der Waals surface area contributed by atoms with E-state index in [1.807, 2.05) is 17.5 Å². The summed E-state index contributed by atoms with van der Waals surface area (Å²) < 4.78 is 5.17. The topological polar surface area (TPSA) is 60.2 Å². The lowest BCUT2D eigenvalue weighted by Gasteiger charge is -2.14. The van der Waals surface area contributed by atoms with Crippen LogP contribution in [-0.4, -0.2) is 12.1 Å². The van der Waals surface area contributed by atoms with Crippen LogP contribution in [0.25, 0.3) is 0 Å². The number of hydrazine groups is 1. The molecule has 0 aliphatic carbocycles. The zero-order chi connectivity index (χ0) is 13.0. The average Bonchev–Trinajstić information content (AvgIpc) is 2.86. The van der Waals surface area contributed by atoms with E-state index in [0.717, 1.165) is 16.2 Å². The Bertz CT molecular complexity index is 518. The molecule has 4 nitrogen and oxygen atoms in total. The molecule has 2 aromatic rings. The average molecular weight is 284 g/mol. The smallest absolute Gasteiger partial charge is 0.129 e. The Kier molecular flexibility index (Phi) is 4.54. The molecule has 0 radical (unpaired) electrons. The van der Waals surface area contributed by atoms with Crippen molar-refractivity contribution in [1.82, 2.24) is 10.4 Å². The highest BCUT2D eigenvalue weighted by molar-refractivity contribution is 7.10. The minimum Gasteiger partial charge on any atom is -0.496 e. The van der Waals surface area contributed by atoms with Crippen LogP contribution < -0.4 is 16.0 Å². The molecule has 2 heterocycles. The number of halogens is 1. The molecule has 0 aliphatic heterocycles. The molecule has 0 aromatic carbocycles. The van der Waals surface area contributed by atoms with Crippen molar-refractivity contribution < 1.29 is 4.74 Å². The highest BCUT2D eigenvalue weighted by Crippen LogP contribution is 2.29. The predicted octanol–water partition coefficient (Wildman–Crippen LogP) is 2.55. The second-order valence-corrected chi connectivity index (χ2v) is 5.13. The van der Waals surface area contributed by atoms with Crippen LogP contribution in [0, 0.1) is 0 Å². The molecule has 3 N–H and O–H groups in total. The highest BCUT2D eigenvalue weighted by atomic mass is 35.5. The molecule has 0 fully saturated rings. The fraction of sp³-hybridized carbons (Fsp3) is 0.250. The van der Waals surface area contributed by atoms with Gasteiger partial charge < -0.3 is 4.74 Å². The standard InChI is InChI=1S/C12H14ClN3OS/c1-17-9-5-12(18-7-9)11(16-14)4-8-2-3-15-6-10(8)13/h2-3,5-7,11,16H,4,14H2,1H3. The van der Waals surface area contributed by atoms with Gasteiger partial charge in [0.2, 0.25) is 0 Å². The van der Waals surface area contributed by atoms with Gasteiger partial charge in [-0.1, -0.05) is 11.6 Å². The number of thiophene rings is 1. The maximum absolute atomic E-state index is 6.09. The fourth-order valence-corrected chi connectivity index (χ4v) is 2.77. The summed E-state index contributed by atoms with van der Waals surface area (Å²) in [6, 6.07) is 3.89. The maximum Gasteiger partial charge on any atom is 0.129 e. The molecule has 18 heavy (non-hydrogen) atoms. The lowest BCUT2D eigenvalue weighted by atomic mass is 10.1. The van der Waals surface area contributed by atoms with Crippen LogP contribution in [0.1, 0.15) is 16.5 Å². The summed E-state index contributed by atoms with van der Waals surface area (Å²) in [7, 11) is 1.65. The van der Waals surface area contributed by atoms with Gasteiger partial charge in [0.25, 0.3) is 0 Å². The number of nitrogens with one attached hydrogen (secondary N) is 1. The quantitative estimate of drug-likeness (QED) is 0.654. The van der Waals surface area contributed by atoms with E-state index in [0.29, 0.717) is 11.4 Å². The van der Waals surface area contributed by atoms with Crippen molar-refractivity contribution in [2.75, 3.05) is 7.11 Å². The number of hydrogen-bond donors (Lipinski definition) is 2. The molecule has 0 amide bonds. The van der Waals surface area contributed by atoms with Gasteiger partial charge in [0.1, 0.15) is 5.75 Å². The summed E-state index contributed by atoms with van der Waals surface area (Å²) in [6.07, 6.45) is 4.07. The third-order valence-electron chi connectivity index (χ3n) is 2.66. The number of nitrogens with two attached hydrogens (primary N) is 1. The molecule has 6 heteroatoms. The summed E-state index contributed by atoms with van der Waals surface area (Å²) in [4.78, 5) is 5.08. The summed E-state index contributed by atoms with van der Waals surface area (Å²) in [5.41, 5.74) is 3.82. The molecule has 0 saturated carbocycles. The van der Waals surface area contributed by atoms with E-state index < -0.39 is 0 Å². The van der Waals surface area contributed by atoms with Crippen molar-refractivity contribution in [3.63, 3.8) is 0 Å².